The Bertz CT molecular complexity index is 803. The largest absolute Gasteiger partial charge is 0.459 e. The van der Waals surface area contributed by atoms with Gasteiger partial charge in [0.05, 0.1) is 28.6 Å². The Morgan fingerprint density at radius 1 is 1.36 bits per heavy atom. The van der Waals surface area contributed by atoms with Crippen molar-refractivity contribution in [3.05, 3.63) is 70.6 Å². The lowest BCUT2D eigenvalue weighted by atomic mass is 10.0. The van der Waals surface area contributed by atoms with Gasteiger partial charge in [0.2, 0.25) is 0 Å². The van der Waals surface area contributed by atoms with E-state index in [0.717, 1.165) is 11.3 Å². The number of furan rings is 1. The van der Waals surface area contributed by atoms with Crippen molar-refractivity contribution in [3.8, 4) is 0 Å². The zero-order valence-corrected chi connectivity index (χ0v) is 14.8. The minimum Gasteiger partial charge on any atom is -0.459 e. The lowest BCUT2D eigenvalue weighted by Crippen LogP contribution is -2.37. The minimum atomic E-state index is -0.247. The molecule has 1 atom stereocenters. The molecule has 1 aliphatic rings. The van der Waals surface area contributed by atoms with E-state index in [1.165, 1.54) is 6.26 Å². The summed E-state index contributed by atoms with van der Waals surface area (Å²) in [5, 5.41) is 5.07. The molecule has 0 bridgehead atoms. The van der Waals surface area contributed by atoms with Crippen molar-refractivity contribution < 1.29 is 14.0 Å². The number of nitrogens with zero attached hydrogens (tertiary/aromatic N) is 2. The molecular weight excluding hydrogens is 363 g/mol. The summed E-state index contributed by atoms with van der Waals surface area (Å²) in [5.74, 6) is 0.0713. The van der Waals surface area contributed by atoms with Gasteiger partial charge in [-0.05, 0) is 24.3 Å². The second kappa shape index (κ2) is 7.76. The highest BCUT2D eigenvalue weighted by atomic mass is 35.5. The lowest BCUT2D eigenvalue weighted by molar-refractivity contribution is 0.0432. The summed E-state index contributed by atoms with van der Waals surface area (Å²) < 4.78 is 5.18. The smallest absolute Gasteiger partial charge is 0.289 e. The van der Waals surface area contributed by atoms with Gasteiger partial charge in [0.1, 0.15) is 0 Å². The second-order valence-electron chi connectivity index (χ2n) is 5.57. The molecule has 2 aromatic rings. The summed E-state index contributed by atoms with van der Waals surface area (Å²) in [6, 6.07) is 8.63. The van der Waals surface area contributed by atoms with Crippen LogP contribution in [0.4, 0.5) is 0 Å². The zero-order valence-electron chi connectivity index (χ0n) is 13.3. The number of amides is 1. The summed E-state index contributed by atoms with van der Waals surface area (Å²) in [6.45, 7) is 4.46. The monoisotopic (exact) mass is 378 g/mol. The molecule has 1 aromatic heterocycles. The fourth-order valence-electron chi connectivity index (χ4n) is 2.57. The van der Waals surface area contributed by atoms with E-state index in [1.54, 1.807) is 35.2 Å². The van der Waals surface area contributed by atoms with Crippen LogP contribution in [0.3, 0.4) is 0 Å². The molecule has 7 heteroatoms. The van der Waals surface area contributed by atoms with Crippen molar-refractivity contribution in [1.82, 2.24) is 4.90 Å². The quantitative estimate of drug-likeness (QED) is 0.699. The second-order valence-corrected chi connectivity index (χ2v) is 6.39. The fourth-order valence-corrected chi connectivity index (χ4v) is 2.87. The van der Waals surface area contributed by atoms with Crippen LogP contribution in [-0.4, -0.2) is 35.7 Å². The van der Waals surface area contributed by atoms with E-state index < -0.39 is 0 Å². The van der Waals surface area contributed by atoms with E-state index >= 15 is 0 Å². The summed E-state index contributed by atoms with van der Waals surface area (Å²) >= 11 is 12.0. The molecule has 2 heterocycles. The van der Waals surface area contributed by atoms with E-state index in [4.69, 9.17) is 32.5 Å². The molecule has 0 aliphatic carbocycles. The number of benzene rings is 1. The van der Waals surface area contributed by atoms with Gasteiger partial charge in [-0.3, -0.25) is 4.79 Å². The molecule has 0 spiro atoms. The van der Waals surface area contributed by atoms with Crippen LogP contribution in [0.15, 0.2) is 58.8 Å². The van der Waals surface area contributed by atoms with E-state index in [9.17, 15) is 4.79 Å². The molecule has 1 aliphatic heterocycles. The van der Waals surface area contributed by atoms with Crippen LogP contribution < -0.4 is 0 Å². The molecule has 0 unspecified atom stereocenters. The van der Waals surface area contributed by atoms with E-state index in [2.05, 4.69) is 11.7 Å². The van der Waals surface area contributed by atoms with Gasteiger partial charge in [-0.2, -0.15) is 0 Å². The number of carbonyl (C=O) groups excluding carboxylic acids is 1. The van der Waals surface area contributed by atoms with Gasteiger partial charge in [-0.25, -0.2) is 0 Å². The van der Waals surface area contributed by atoms with Crippen molar-refractivity contribution in [1.29, 1.82) is 0 Å². The highest BCUT2D eigenvalue weighted by molar-refractivity contribution is 6.42. The molecule has 0 saturated heterocycles. The first kappa shape index (κ1) is 17.6. The van der Waals surface area contributed by atoms with Gasteiger partial charge in [0.25, 0.3) is 5.91 Å². The maximum Gasteiger partial charge on any atom is 0.289 e. The van der Waals surface area contributed by atoms with E-state index in [0.29, 0.717) is 29.6 Å². The standard InChI is InChI=1S/C18H16Cl2N2O3/c1-2-7-22(18(23)17-4-3-8-24-17)11-13-10-16(21-25-13)12-5-6-14(19)15(20)9-12/h2-6,8-9,13H,1,7,10-11H2/t13-/m1/s1. The SMILES string of the molecule is C=CCN(C[C@H]1CC(c2ccc(Cl)c(Cl)c2)=NO1)C(=O)c1ccco1. The Kier molecular flexibility index (Phi) is 5.46. The molecule has 0 radical (unpaired) electrons. The number of carbonyl (C=O) groups is 1. The molecule has 3 rings (SSSR count). The van der Waals surface area contributed by atoms with E-state index in [1.807, 2.05) is 6.07 Å². The Hall–Kier alpha value is -2.24. The van der Waals surface area contributed by atoms with Gasteiger partial charge >= 0.3 is 0 Å². The maximum atomic E-state index is 12.5. The van der Waals surface area contributed by atoms with Crippen molar-refractivity contribution in [2.45, 2.75) is 12.5 Å². The van der Waals surface area contributed by atoms with Crippen LogP contribution in [0, 0.1) is 0 Å². The molecule has 0 fully saturated rings. The molecule has 0 saturated carbocycles. The lowest BCUT2D eigenvalue weighted by Gasteiger charge is -2.22. The van der Waals surface area contributed by atoms with Gasteiger partial charge in [0, 0.05) is 18.5 Å². The Labute approximate surface area is 155 Å². The fraction of sp³-hybridized carbons (Fsp3) is 0.222. The summed E-state index contributed by atoms with van der Waals surface area (Å²) in [5.41, 5.74) is 1.62. The Morgan fingerprint density at radius 2 is 2.20 bits per heavy atom. The third-order valence-corrected chi connectivity index (χ3v) is 4.52. The topological polar surface area (TPSA) is 55.0 Å². The number of hydrogen-bond acceptors (Lipinski definition) is 4. The van der Waals surface area contributed by atoms with Crippen LogP contribution in [-0.2, 0) is 4.84 Å². The first-order chi connectivity index (χ1) is 12.1. The first-order valence-corrected chi connectivity index (χ1v) is 8.46. The van der Waals surface area contributed by atoms with Crippen LogP contribution in [0.5, 0.6) is 0 Å². The Balaban J connectivity index is 1.66. The minimum absolute atomic E-state index is 0.212. The highest BCUT2D eigenvalue weighted by Crippen LogP contribution is 2.26. The molecule has 1 amide bonds. The molecule has 1 aromatic carbocycles. The first-order valence-electron chi connectivity index (χ1n) is 7.70. The summed E-state index contributed by atoms with van der Waals surface area (Å²) in [4.78, 5) is 19.6. The molecule has 25 heavy (non-hydrogen) atoms. The van der Waals surface area contributed by atoms with Gasteiger partial charge in [0.15, 0.2) is 11.9 Å². The normalized spacial score (nSPS) is 16.2. The summed E-state index contributed by atoms with van der Waals surface area (Å²) in [6.07, 6.45) is 3.45. The number of rotatable bonds is 6. The number of hydrogen-bond donors (Lipinski definition) is 0. The van der Waals surface area contributed by atoms with Crippen molar-refractivity contribution in [2.75, 3.05) is 13.1 Å². The molecule has 0 N–H and O–H groups in total. The van der Waals surface area contributed by atoms with Crippen molar-refractivity contribution in [3.63, 3.8) is 0 Å². The average Bonchev–Trinajstić information content (AvgIpc) is 3.28. The van der Waals surface area contributed by atoms with Gasteiger partial charge < -0.3 is 14.2 Å². The molecular formula is C18H16Cl2N2O3. The molecule has 5 nitrogen and oxygen atoms in total. The number of halogens is 2. The predicted octanol–water partition coefficient (Wildman–Crippen LogP) is 4.41. The zero-order chi connectivity index (χ0) is 17.8. The van der Waals surface area contributed by atoms with Crippen molar-refractivity contribution >= 4 is 34.8 Å². The molecule has 130 valence electrons. The average molecular weight is 379 g/mol. The third-order valence-electron chi connectivity index (χ3n) is 3.78. The number of oxime groups is 1. The van der Waals surface area contributed by atoms with Crippen LogP contribution >= 0.6 is 23.2 Å². The maximum absolute atomic E-state index is 12.5. The van der Waals surface area contributed by atoms with Crippen LogP contribution in [0.1, 0.15) is 22.5 Å². The van der Waals surface area contributed by atoms with Crippen LogP contribution in [0.2, 0.25) is 10.0 Å². The highest BCUT2D eigenvalue weighted by Gasteiger charge is 2.27. The summed E-state index contributed by atoms with van der Waals surface area (Å²) in [7, 11) is 0. The predicted molar refractivity (Wildman–Crippen MR) is 97.3 cm³/mol. The Morgan fingerprint density at radius 3 is 2.88 bits per heavy atom. The third kappa shape index (κ3) is 4.06. The van der Waals surface area contributed by atoms with Crippen LogP contribution in [0.25, 0.3) is 0 Å². The van der Waals surface area contributed by atoms with Gasteiger partial charge in [-0.15, -0.1) is 6.58 Å². The van der Waals surface area contributed by atoms with E-state index in [-0.39, 0.29) is 17.8 Å². The van der Waals surface area contributed by atoms with Crippen molar-refractivity contribution in [2.24, 2.45) is 5.16 Å². The van der Waals surface area contributed by atoms with Gasteiger partial charge in [-0.1, -0.05) is 40.5 Å².